The van der Waals surface area contributed by atoms with Gasteiger partial charge < -0.3 is 0 Å². The molecule has 0 aromatic heterocycles. The van der Waals surface area contributed by atoms with Crippen molar-refractivity contribution < 1.29 is 0 Å². The molecule has 51 valence electrons. The highest BCUT2D eigenvalue weighted by molar-refractivity contribution is 5.63. The van der Waals surface area contributed by atoms with E-state index in [-0.39, 0.29) is 0 Å². The molecule has 0 bridgehead atoms. The normalized spacial score (nSPS) is 11.6. The van der Waals surface area contributed by atoms with Crippen LogP contribution in [0, 0.1) is 6.92 Å². The molecule has 1 rings (SSSR count). The summed E-state index contributed by atoms with van der Waals surface area (Å²) in [7, 11) is 0. The molecule has 0 spiro atoms. The molecule has 0 nitrogen and oxygen atoms in total. The van der Waals surface area contributed by atoms with Gasteiger partial charge in [0.25, 0.3) is 0 Å². The van der Waals surface area contributed by atoms with Crippen LogP contribution in [0.15, 0.2) is 36.4 Å². The summed E-state index contributed by atoms with van der Waals surface area (Å²) < 4.78 is 0. The Hall–Kier alpha value is -1.04. The zero-order valence-electron chi connectivity index (χ0n) is 6.17. The fourth-order valence-electron chi connectivity index (χ4n) is 0.819. The maximum Gasteiger partial charge on any atom is -0.0231 e. The average Bonchev–Trinajstić information content (AvgIpc) is 2.05. The molecular weight excluding hydrogens is 120 g/mol. The molecule has 0 aliphatic heterocycles. The monoisotopic (exact) mass is 131 g/mol. The number of allylic oxidation sites excluding steroid dienone is 2. The van der Waals surface area contributed by atoms with E-state index in [0.717, 1.165) is 0 Å². The van der Waals surface area contributed by atoms with Crippen molar-refractivity contribution in [3.05, 3.63) is 48.9 Å². The van der Waals surface area contributed by atoms with Gasteiger partial charge in [0.1, 0.15) is 0 Å². The Morgan fingerprint density at radius 1 is 1.30 bits per heavy atom. The van der Waals surface area contributed by atoms with E-state index in [0.29, 0.717) is 0 Å². The van der Waals surface area contributed by atoms with Gasteiger partial charge in [0.05, 0.1) is 0 Å². The lowest BCUT2D eigenvalue weighted by Crippen LogP contribution is -1.75. The summed E-state index contributed by atoms with van der Waals surface area (Å²) >= 11 is 0. The minimum atomic E-state index is 1.22. The highest BCUT2D eigenvalue weighted by atomic mass is 13.9. The van der Waals surface area contributed by atoms with Gasteiger partial charge in [-0.25, -0.2) is 0 Å². The lowest BCUT2D eigenvalue weighted by Gasteiger charge is -1.97. The van der Waals surface area contributed by atoms with Gasteiger partial charge >= 0.3 is 0 Å². The van der Waals surface area contributed by atoms with Gasteiger partial charge in [-0.05, 0) is 25.0 Å². The van der Waals surface area contributed by atoms with Crippen LogP contribution in [0.1, 0.15) is 12.5 Å². The first kappa shape index (κ1) is 7.07. The molecule has 0 amide bonds. The lowest BCUT2D eigenvalue weighted by molar-refractivity contribution is 1.57. The van der Waals surface area contributed by atoms with Crippen LogP contribution >= 0.6 is 0 Å². The number of hydrogen-bond donors (Lipinski definition) is 0. The van der Waals surface area contributed by atoms with Crippen LogP contribution in [-0.2, 0) is 0 Å². The predicted octanol–water partition coefficient (Wildman–Crippen LogP) is 2.92. The first-order valence-corrected chi connectivity index (χ1v) is 3.36. The Bertz CT molecular complexity index is 219. The summed E-state index contributed by atoms with van der Waals surface area (Å²) in [5.41, 5.74) is 2.47. The zero-order valence-corrected chi connectivity index (χ0v) is 6.17. The molecule has 0 unspecified atom stereocenters. The van der Waals surface area contributed by atoms with E-state index >= 15 is 0 Å². The Balaban J connectivity index is 2.96. The third kappa shape index (κ3) is 1.47. The van der Waals surface area contributed by atoms with Gasteiger partial charge in [0.2, 0.25) is 0 Å². The third-order valence-electron chi connectivity index (χ3n) is 1.54. The van der Waals surface area contributed by atoms with E-state index in [4.69, 9.17) is 0 Å². The van der Waals surface area contributed by atoms with Crippen molar-refractivity contribution in [2.75, 3.05) is 0 Å². The van der Waals surface area contributed by atoms with Crippen molar-refractivity contribution >= 4 is 5.57 Å². The standard InChI is InChI=1S/C10H11/c1-3-9(2)10-7-5-4-6-8-10/h3-8H,1H2,2H3/b9-3+. The van der Waals surface area contributed by atoms with E-state index in [2.05, 4.69) is 26.0 Å². The van der Waals surface area contributed by atoms with E-state index in [1.165, 1.54) is 11.1 Å². The van der Waals surface area contributed by atoms with Crippen LogP contribution in [0.4, 0.5) is 0 Å². The van der Waals surface area contributed by atoms with E-state index in [9.17, 15) is 0 Å². The molecule has 10 heavy (non-hydrogen) atoms. The molecule has 0 fully saturated rings. The largest absolute Gasteiger partial charge is 0.0807 e. The molecule has 0 heterocycles. The minimum Gasteiger partial charge on any atom is -0.0807 e. The van der Waals surface area contributed by atoms with Crippen molar-refractivity contribution in [3.63, 3.8) is 0 Å². The van der Waals surface area contributed by atoms with Crippen LogP contribution < -0.4 is 0 Å². The van der Waals surface area contributed by atoms with Crippen molar-refractivity contribution in [2.45, 2.75) is 6.92 Å². The summed E-state index contributed by atoms with van der Waals surface area (Å²) in [6.45, 7) is 5.76. The molecule has 1 aromatic carbocycles. The highest BCUT2D eigenvalue weighted by Gasteiger charge is 1.88. The fraction of sp³-hybridized carbons (Fsp3) is 0.100. The second-order valence-electron chi connectivity index (χ2n) is 2.25. The molecule has 0 aliphatic carbocycles. The second kappa shape index (κ2) is 3.21. The Kier molecular flexibility index (Phi) is 2.27. The molecule has 0 N–H and O–H groups in total. The smallest absolute Gasteiger partial charge is 0.0231 e. The minimum absolute atomic E-state index is 1.22. The maximum absolute atomic E-state index is 3.70. The molecule has 1 radical (unpaired) electrons. The van der Waals surface area contributed by atoms with Crippen molar-refractivity contribution in [3.8, 4) is 0 Å². The van der Waals surface area contributed by atoms with E-state index < -0.39 is 0 Å². The Morgan fingerprint density at radius 3 is 2.40 bits per heavy atom. The topological polar surface area (TPSA) is 0 Å². The van der Waals surface area contributed by atoms with Crippen molar-refractivity contribution in [1.82, 2.24) is 0 Å². The average molecular weight is 131 g/mol. The number of benzene rings is 1. The Labute approximate surface area is 62.2 Å². The molecular formula is C10H11. The maximum atomic E-state index is 3.70. The van der Waals surface area contributed by atoms with Crippen molar-refractivity contribution in [1.29, 1.82) is 0 Å². The van der Waals surface area contributed by atoms with Gasteiger partial charge in [-0.1, -0.05) is 36.4 Å². The van der Waals surface area contributed by atoms with Crippen LogP contribution in [0.2, 0.25) is 0 Å². The summed E-state index contributed by atoms with van der Waals surface area (Å²) in [6, 6.07) is 10.2. The quantitative estimate of drug-likeness (QED) is 0.549. The van der Waals surface area contributed by atoms with Gasteiger partial charge in [0, 0.05) is 0 Å². The number of rotatable bonds is 1. The number of hydrogen-bond acceptors (Lipinski definition) is 0. The van der Waals surface area contributed by atoms with Crippen molar-refractivity contribution in [2.24, 2.45) is 0 Å². The molecule has 0 aliphatic rings. The summed E-state index contributed by atoms with van der Waals surface area (Å²) in [6.07, 6.45) is 1.87. The predicted molar refractivity (Wildman–Crippen MR) is 45.5 cm³/mol. The molecule has 0 atom stereocenters. The van der Waals surface area contributed by atoms with Gasteiger partial charge in [-0.2, -0.15) is 0 Å². The second-order valence-corrected chi connectivity index (χ2v) is 2.25. The fourth-order valence-corrected chi connectivity index (χ4v) is 0.819. The summed E-state index contributed by atoms with van der Waals surface area (Å²) in [5, 5.41) is 0. The SMILES string of the molecule is [CH2]/C=C(\C)c1ccccc1. The van der Waals surface area contributed by atoms with Crippen LogP contribution in [0.5, 0.6) is 0 Å². The molecule has 1 aromatic rings. The van der Waals surface area contributed by atoms with Gasteiger partial charge in [-0.15, -0.1) is 0 Å². The van der Waals surface area contributed by atoms with E-state index in [1.54, 1.807) is 0 Å². The lowest BCUT2D eigenvalue weighted by atomic mass is 10.1. The summed E-state index contributed by atoms with van der Waals surface area (Å²) in [5.74, 6) is 0. The van der Waals surface area contributed by atoms with Crippen LogP contribution in [0.3, 0.4) is 0 Å². The van der Waals surface area contributed by atoms with Gasteiger partial charge in [-0.3, -0.25) is 0 Å². The van der Waals surface area contributed by atoms with Crippen LogP contribution in [0.25, 0.3) is 5.57 Å². The third-order valence-corrected chi connectivity index (χ3v) is 1.54. The highest BCUT2D eigenvalue weighted by Crippen LogP contribution is 2.11. The molecule has 0 saturated carbocycles. The molecule has 0 saturated heterocycles. The first-order valence-electron chi connectivity index (χ1n) is 3.36. The molecule has 0 heteroatoms. The van der Waals surface area contributed by atoms with Crippen LogP contribution in [-0.4, -0.2) is 0 Å². The first-order chi connectivity index (χ1) is 4.84. The zero-order chi connectivity index (χ0) is 7.40. The Morgan fingerprint density at radius 2 is 1.90 bits per heavy atom. The van der Waals surface area contributed by atoms with Gasteiger partial charge in [0.15, 0.2) is 0 Å². The van der Waals surface area contributed by atoms with E-state index in [1.807, 2.05) is 24.3 Å². The summed E-state index contributed by atoms with van der Waals surface area (Å²) in [4.78, 5) is 0.